The van der Waals surface area contributed by atoms with Gasteiger partial charge in [0.25, 0.3) is 0 Å². The summed E-state index contributed by atoms with van der Waals surface area (Å²) in [5, 5.41) is 9.93. The molecule has 0 radical (unpaired) electrons. The van der Waals surface area contributed by atoms with E-state index in [0.29, 0.717) is 17.9 Å². The van der Waals surface area contributed by atoms with Crippen LogP contribution < -0.4 is 10.5 Å². The van der Waals surface area contributed by atoms with Gasteiger partial charge in [0, 0.05) is 12.1 Å². The molecule has 29 heavy (non-hydrogen) atoms. The molecule has 0 aliphatic rings. The average molecular weight is 379 g/mol. The zero-order valence-corrected chi connectivity index (χ0v) is 16.2. The first kappa shape index (κ1) is 18.4. The molecule has 4 aromatic rings. The van der Waals surface area contributed by atoms with Crippen molar-refractivity contribution in [3.63, 3.8) is 0 Å². The third-order valence-electron chi connectivity index (χ3n) is 5.02. The van der Waals surface area contributed by atoms with Crippen molar-refractivity contribution in [1.29, 1.82) is 5.26 Å². The Balaban J connectivity index is 1.99. The molecule has 0 amide bonds. The topological polar surface area (TPSA) is 64.0 Å². The molecule has 0 saturated heterocycles. The highest BCUT2D eigenvalue weighted by atomic mass is 16.5. The zero-order valence-electron chi connectivity index (χ0n) is 16.2. The van der Waals surface area contributed by atoms with E-state index in [1.165, 1.54) is 0 Å². The summed E-state index contributed by atoms with van der Waals surface area (Å²) in [7, 11) is 1.65. The number of methoxy groups -OCH3 is 1. The second kappa shape index (κ2) is 7.95. The van der Waals surface area contributed by atoms with Gasteiger partial charge in [0.15, 0.2) is 0 Å². The van der Waals surface area contributed by atoms with Crippen LogP contribution in [0.25, 0.3) is 22.4 Å². The van der Waals surface area contributed by atoms with Gasteiger partial charge in [-0.2, -0.15) is 5.26 Å². The van der Waals surface area contributed by atoms with Crippen LogP contribution in [0.15, 0.2) is 84.9 Å². The molecule has 0 fully saturated rings. The average Bonchev–Trinajstić information content (AvgIpc) is 3.06. The Morgan fingerprint density at radius 1 is 0.862 bits per heavy atom. The Hall–Kier alpha value is -3.97. The standard InChI is InChI=1S/C25H21N3O/c1-29-21-14-12-20(13-15-21)24-23(19-10-6-3-7-11-19)22(16-26)25(27)28(24)17-18-8-4-2-5-9-18/h2-15H,17,27H2,1H3. The fourth-order valence-electron chi connectivity index (χ4n) is 3.62. The molecule has 0 atom stereocenters. The number of nitrogens with zero attached hydrogens (tertiary/aromatic N) is 2. The smallest absolute Gasteiger partial charge is 0.123 e. The highest BCUT2D eigenvalue weighted by Crippen LogP contribution is 2.41. The van der Waals surface area contributed by atoms with Crippen LogP contribution in [0.4, 0.5) is 5.82 Å². The molecule has 1 aromatic heterocycles. The minimum Gasteiger partial charge on any atom is -0.497 e. The molecule has 0 saturated carbocycles. The second-order valence-corrected chi connectivity index (χ2v) is 6.76. The van der Waals surface area contributed by atoms with Gasteiger partial charge in [-0.1, -0.05) is 60.7 Å². The Morgan fingerprint density at radius 3 is 2.07 bits per heavy atom. The zero-order chi connectivity index (χ0) is 20.2. The Labute approximate surface area is 170 Å². The lowest BCUT2D eigenvalue weighted by Crippen LogP contribution is -2.06. The van der Waals surface area contributed by atoms with E-state index in [-0.39, 0.29) is 0 Å². The number of nitriles is 1. The molecule has 2 N–H and O–H groups in total. The molecular weight excluding hydrogens is 358 g/mol. The van der Waals surface area contributed by atoms with Crippen molar-refractivity contribution in [2.75, 3.05) is 12.8 Å². The van der Waals surface area contributed by atoms with Crippen molar-refractivity contribution < 1.29 is 4.74 Å². The van der Waals surface area contributed by atoms with Gasteiger partial charge >= 0.3 is 0 Å². The van der Waals surface area contributed by atoms with Crippen LogP contribution in [0.3, 0.4) is 0 Å². The Bertz CT molecular complexity index is 1150. The number of anilines is 1. The first-order valence-electron chi connectivity index (χ1n) is 9.38. The van der Waals surface area contributed by atoms with Gasteiger partial charge in [-0.25, -0.2) is 0 Å². The summed E-state index contributed by atoms with van der Waals surface area (Å²) in [5.41, 5.74) is 11.9. The van der Waals surface area contributed by atoms with Gasteiger partial charge in [0.1, 0.15) is 23.2 Å². The van der Waals surface area contributed by atoms with Gasteiger partial charge in [0.2, 0.25) is 0 Å². The van der Waals surface area contributed by atoms with Crippen LogP contribution in [0, 0.1) is 11.3 Å². The monoisotopic (exact) mass is 379 g/mol. The summed E-state index contributed by atoms with van der Waals surface area (Å²) < 4.78 is 7.34. The molecule has 1 heterocycles. The van der Waals surface area contributed by atoms with Gasteiger partial charge in [-0.05, 0) is 41.0 Å². The lowest BCUT2D eigenvalue weighted by Gasteiger charge is -2.14. The van der Waals surface area contributed by atoms with Crippen LogP contribution >= 0.6 is 0 Å². The van der Waals surface area contributed by atoms with E-state index >= 15 is 0 Å². The lowest BCUT2D eigenvalue weighted by atomic mass is 9.98. The molecule has 0 aliphatic carbocycles. The lowest BCUT2D eigenvalue weighted by molar-refractivity contribution is 0.415. The van der Waals surface area contributed by atoms with E-state index in [9.17, 15) is 5.26 Å². The fourth-order valence-corrected chi connectivity index (χ4v) is 3.62. The van der Waals surface area contributed by atoms with E-state index in [0.717, 1.165) is 33.7 Å². The van der Waals surface area contributed by atoms with Crippen molar-refractivity contribution in [3.05, 3.63) is 96.1 Å². The molecule has 0 unspecified atom stereocenters. The molecule has 0 spiro atoms. The number of nitrogen functional groups attached to an aromatic ring is 1. The first-order valence-corrected chi connectivity index (χ1v) is 9.38. The SMILES string of the molecule is COc1ccc(-c2c(-c3ccccc3)c(C#N)c(N)n2Cc2ccccc2)cc1. The quantitative estimate of drug-likeness (QED) is 0.509. The normalized spacial score (nSPS) is 10.5. The Morgan fingerprint density at radius 2 is 1.48 bits per heavy atom. The minimum atomic E-state index is 0.473. The second-order valence-electron chi connectivity index (χ2n) is 6.76. The van der Waals surface area contributed by atoms with Crippen LogP contribution in [0.2, 0.25) is 0 Å². The first-order chi connectivity index (χ1) is 14.2. The van der Waals surface area contributed by atoms with Crippen LogP contribution in [-0.4, -0.2) is 11.7 Å². The molecule has 0 bridgehead atoms. The molecule has 0 aliphatic heterocycles. The molecule has 4 heteroatoms. The van der Waals surface area contributed by atoms with Gasteiger partial charge in [-0.3, -0.25) is 0 Å². The maximum atomic E-state index is 9.93. The van der Waals surface area contributed by atoms with E-state index in [4.69, 9.17) is 10.5 Å². The maximum Gasteiger partial charge on any atom is 0.123 e. The predicted molar refractivity (Wildman–Crippen MR) is 117 cm³/mol. The molecule has 142 valence electrons. The third-order valence-corrected chi connectivity index (χ3v) is 5.02. The molecular formula is C25H21N3O. The van der Waals surface area contributed by atoms with Crippen molar-refractivity contribution in [1.82, 2.24) is 4.57 Å². The maximum absolute atomic E-state index is 9.93. The van der Waals surface area contributed by atoms with E-state index in [2.05, 4.69) is 18.2 Å². The number of hydrogen-bond donors (Lipinski definition) is 1. The van der Waals surface area contributed by atoms with Gasteiger partial charge in [-0.15, -0.1) is 0 Å². The van der Waals surface area contributed by atoms with Gasteiger partial charge < -0.3 is 15.0 Å². The summed E-state index contributed by atoms with van der Waals surface area (Å²) in [6, 6.07) is 30.2. The third kappa shape index (κ3) is 3.46. The number of rotatable bonds is 5. The van der Waals surface area contributed by atoms with Gasteiger partial charge in [0.05, 0.1) is 12.8 Å². The van der Waals surface area contributed by atoms with Crippen LogP contribution in [0.1, 0.15) is 11.1 Å². The van der Waals surface area contributed by atoms with Crippen molar-refractivity contribution in [2.45, 2.75) is 6.54 Å². The number of hydrogen-bond acceptors (Lipinski definition) is 3. The van der Waals surface area contributed by atoms with E-state index < -0.39 is 0 Å². The fraction of sp³-hybridized carbons (Fsp3) is 0.0800. The van der Waals surface area contributed by atoms with Crippen molar-refractivity contribution in [3.8, 4) is 34.2 Å². The predicted octanol–water partition coefficient (Wildman–Crippen LogP) is 5.33. The number of ether oxygens (including phenoxy) is 1. The van der Waals surface area contributed by atoms with Crippen LogP contribution in [-0.2, 0) is 6.54 Å². The number of benzene rings is 3. The molecule has 3 aromatic carbocycles. The highest BCUT2D eigenvalue weighted by molar-refractivity contribution is 5.90. The largest absolute Gasteiger partial charge is 0.497 e. The van der Waals surface area contributed by atoms with Crippen LogP contribution in [0.5, 0.6) is 5.75 Å². The van der Waals surface area contributed by atoms with Crippen molar-refractivity contribution in [2.24, 2.45) is 0 Å². The highest BCUT2D eigenvalue weighted by Gasteiger charge is 2.23. The molecule has 4 nitrogen and oxygen atoms in total. The summed E-state index contributed by atoms with van der Waals surface area (Å²) >= 11 is 0. The van der Waals surface area contributed by atoms with E-state index in [1.54, 1.807) is 7.11 Å². The summed E-state index contributed by atoms with van der Waals surface area (Å²) in [6.45, 7) is 0.579. The number of aromatic nitrogens is 1. The summed E-state index contributed by atoms with van der Waals surface area (Å²) in [6.07, 6.45) is 0. The van der Waals surface area contributed by atoms with E-state index in [1.807, 2.05) is 77.4 Å². The summed E-state index contributed by atoms with van der Waals surface area (Å²) in [4.78, 5) is 0. The Kier molecular flexibility index (Phi) is 5.05. The number of nitrogens with two attached hydrogens (primary N) is 1. The van der Waals surface area contributed by atoms with Crippen molar-refractivity contribution >= 4 is 5.82 Å². The summed E-state index contributed by atoms with van der Waals surface area (Å²) in [5.74, 6) is 1.26. The molecule has 4 rings (SSSR count). The minimum absolute atomic E-state index is 0.473.